The van der Waals surface area contributed by atoms with Gasteiger partial charge in [-0.25, -0.2) is 0 Å². The van der Waals surface area contributed by atoms with Crippen LogP contribution in [0.4, 0.5) is 5.69 Å². The van der Waals surface area contributed by atoms with E-state index in [1.54, 1.807) is 26.0 Å². The van der Waals surface area contributed by atoms with Crippen molar-refractivity contribution in [1.82, 2.24) is 10.2 Å². The Labute approximate surface area is 128 Å². The molecule has 0 radical (unpaired) electrons. The van der Waals surface area contributed by atoms with Crippen LogP contribution >= 0.6 is 24.0 Å². The first-order valence-corrected chi connectivity index (χ1v) is 6.37. The van der Waals surface area contributed by atoms with Gasteiger partial charge in [-0.15, -0.1) is 12.4 Å². The highest BCUT2D eigenvalue weighted by Crippen LogP contribution is 2.25. The second-order valence-electron chi connectivity index (χ2n) is 5.01. The Morgan fingerprint density at radius 3 is 2.70 bits per heavy atom. The molecule has 0 aromatic heterocycles. The zero-order valence-electron chi connectivity index (χ0n) is 11.3. The van der Waals surface area contributed by atoms with Gasteiger partial charge in [0.05, 0.1) is 10.6 Å². The number of benzene rings is 1. The molecule has 0 saturated carbocycles. The number of amides is 2. The van der Waals surface area contributed by atoms with Crippen molar-refractivity contribution in [2.75, 3.05) is 18.8 Å². The molecule has 7 heteroatoms. The van der Waals surface area contributed by atoms with E-state index in [1.807, 2.05) is 0 Å². The van der Waals surface area contributed by atoms with Crippen LogP contribution in [0.25, 0.3) is 0 Å². The number of nitrogens with two attached hydrogens (primary N) is 1. The molecular formula is C13H17Cl2N3O2. The molecule has 20 heavy (non-hydrogen) atoms. The number of nitrogens with one attached hydrogen (secondary N) is 1. The number of rotatable bonds is 1. The summed E-state index contributed by atoms with van der Waals surface area (Å²) in [5.74, 6) is -0.427. The predicted octanol–water partition coefficient (Wildman–Crippen LogP) is 1.69. The monoisotopic (exact) mass is 317 g/mol. The SMILES string of the molecule is CC1(C)C(=O)NCCN1C(=O)c1ccc(N)cc1Cl.Cl. The number of hydrogen-bond donors (Lipinski definition) is 2. The third kappa shape index (κ3) is 2.83. The Kier molecular flexibility index (Phi) is 4.89. The summed E-state index contributed by atoms with van der Waals surface area (Å²) in [4.78, 5) is 25.9. The summed E-state index contributed by atoms with van der Waals surface area (Å²) < 4.78 is 0. The zero-order valence-corrected chi connectivity index (χ0v) is 12.8. The molecule has 110 valence electrons. The van der Waals surface area contributed by atoms with Gasteiger partial charge in [-0.3, -0.25) is 9.59 Å². The first-order chi connectivity index (χ1) is 8.84. The lowest BCUT2D eigenvalue weighted by Gasteiger charge is -2.41. The smallest absolute Gasteiger partial charge is 0.256 e. The highest BCUT2D eigenvalue weighted by atomic mass is 35.5. The number of piperazine rings is 1. The van der Waals surface area contributed by atoms with Crippen molar-refractivity contribution in [3.8, 4) is 0 Å². The van der Waals surface area contributed by atoms with Crippen molar-refractivity contribution in [1.29, 1.82) is 0 Å². The van der Waals surface area contributed by atoms with Crippen molar-refractivity contribution in [3.63, 3.8) is 0 Å². The lowest BCUT2D eigenvalue weighted by Crippen LogP contribution is -2.63. The predicted molar refractivity (Wildman–Crippen MR) is 81.2 cm³/mol. The summed E-state index contributed by atoms with van der Waals surface area (Å²) >= 11 is 6.05. The molecule has 1 aromatic rings. The molecule has 0 aliphatic carbocycles. The molecule has 1 aliphatic heterocycles. The van der Waals surface area contributed by atoms with E-state index >= 15 is 0 Å². The van der Waals surface area contributed by atoms with Gasteiger partial charge < -0.3 is 16.0 Å². The van der Waals surface area contributed by atoms with Gasteiger partial charge in [0, 0.05) is 18.8 Å². The fraction of sp³-hybridized carbons (Fsp3) is 0.385. The first-order valence-electron chi connectivity index (χ1n) is 5.99. The molecule has 0 unspecified atom stereocenters. The maximum atomic E-state index is 12.5. The zero-order chi connectivity index (χ0) is 14.2. The van der Waals surface area contributed by atoms with E-state index in [9.17, 15) is 9.59 Å². The molecule has 1 aromatic carbocycles. The summed E-state index contributed by atoms with van der Waals surface area (Å²) in [7, 11) is 0. The van der Waals surface area contributed by atoms with E-state index in [-0.39, 0.29) is 24.2 Å². The standard InChI is InChI=1S/C13H16ClN3O2.ClH/c1-13(2)12(19)16-5-6-17(13)11(18)9-4-3-8(15)7-10(9)14;/h3-4,7H,5-6,15H2,1-2H3,(H,16,19);1H. The maximum Gasteiger partial charge on any atom is 0.256 e. The Morgan fingerprint density at radius 1 is 1.45 bits per heavy atom. The molecule has 5 nitrogen and oxygen atoms in total. The van der Waals surface area contributed by atoms with Gasteiger partial charge in [0.15, 0.2) is 0 Å². The van der Waals surface area contributed by atoms with Crippen LogP contribution in [0.5, 0.6) is 0 Å². The van der Waals surface area contributed by atoms with Gasteiger partial charge in [0.25, 0.3) is 5.91 Å². The average Bonchev–Trinajstić information content (AvgIpc) is 2.32. The van der Waals surface area contributed by atoms with Gasteiger partial charge >= 0.3 is 0 Å². The lowest BCUT2D eigenvalue weighted by molar-refractivity contribution is -0.133. The summed E-state index contributed by atoms with van der Waals surface area (Å²) in [5, 5.41) is 3.04. The molecule has 0 spiro atoms. The molecule has 1 fully saturated rings. The van der Waals surface area contributed by atoms with Crippen LogP contribution in [0.1, 0.15) is 24.2 Å². The largest absolute Gasteiger partial charge is 0.399 e. The van der Waals surface area contributed by atoms with Crippen molar-refractivity contribution < 1.29 is 9.59 Å². The van der Waals surface area contributed by atoms with Gasteiger partial charge in [-0.2, -0.15) is 0 Å². The molecule has 2 rings (SSSR count). The topological polar surface area (TPSA) is 75.4 Å². The molecule has 1 heterocycles. The quantitative estimate of drug-likeness (QED) is 0.774. The molecular weight excluding hydrogens is 301 g/mol. The Morgan fingerprint density at radius 2 is 2.10 bits per heavy atom. The third-order valence-corrected chi connectivity index (χ3v) is 3.63. The van der Waals surface area contributed by atoms with Crippen LogP contribution in [0.15, 0.2) is 18.2 Å². The van der Waals surface area contributed by atoms with Crippen LogP contribution in [0.2, 0.25) is 5.02 Å². The third-order valence-electron chi connectivity index (χ3n) is 3.32. The van der Waals surface area contributed by atoms with Gasteiger partial charge in [0.2, 0.25) is 5.91 Å². The normalized spacial score (nSPS) is 17.1. The number of anilines is 1. The first kappa shape index (κ1) is 16.6. The molecule has 0 bridgehead atoms. The Hall–Kier alpha value is -1.46. The van der Waals surface area contributed by atoms with Crippen LogP contribution in [0.3, 0.4) is 0 Å². The van der Waals surface area contributed by atoms with Gasteiger partial charge in [-0.05, 0) is 32.0 Å². The van der Waals surface area contributed by atoms with E-state index < -0.39 is 5.54 Å². The van der Waals surface area contributed by atoms with Crippen molar-refractivity contribution in [2.45, 2.75) is 19.4 Å². The number of carbonyl (C=O) groups is 2. The van der Waals surface area contributed by atoms with Crippen molar-refractivity contribution >= 4 is 41.5 Å². The molecule has 3 N–H and O–H groups in total. The minimum Gasteiger partial charge on any atom is -0.399 e. The lowest BCUT2D eigenvalue weighted by atomic mass is 9.97. The average molecular weight is 318 g/mol. The van der Waals surface area contributed by atoms with E-state index in [4.69, 9.17) is 17.3 Å². The summed E-state index contributed by atoms with van der Waals surface area (Å²) in [6.07, 6.45) is 0. The van der Waals surface area contributed by atoms with Crippen LogP contribution in [-0.4, -0.2) is 35.3 Å². The summed E-state index contributed by atoms with van der Waals surface area (Å²) in [5.41, 5.74) is 5.58. The van der Waals surface area contributed by atoms with E-state index in [0.717, 1.165) is 0 Å². The van der Waals surface area contributed by atoms with Crippen LogP contribution in [0, 0.1) is 0 Å². The molecule has 1 saturated heterocycles. The number of nitrogen functional groups attached to an aromatic ring is 1. The number of halogens is 2. The van der Waals surface area contributed by atoms with Crippen molar-refractivity contribution in [2.24, 2.45) is 0 Å². The number of carbonyl (C=O) groups excluding carboxylic acids is 2. The van der Waals surface area contributed by atoms with E-state index in [2.05, 4.69) is 5.32 Å². The Balaban J connectivity index is 0.00000200. The minimum atomic E-state index is -0.889. The second-order valence-corrected chi connectivity index (χ2v) is 5.42. The van der Waals surface area contributed by atoms with Gasteiger partial charge in [0.1, 0.15) is 5.54 Å². The molecule has 1 aliphatic rings. The van der Waals surface area contributed by atoms with Gasteiger partial charge in [-0.1, -0.05) is 11.6 Å². The number of hydrogen-bond acceptors (Lipinski definition) is 3. The van der Waals surface area contributed by atoms with Crippen LogP contribution < -0.4 is 11.1 Å². The number of nitrogens with zero attached hydrogens (tertiary/aromatic N) is 1. The van der Waals surface area contributed by atoms with Crippen molar-refractivity contribution in [3.05, 3.63) is 28.8 Å². The van der Waals surface area contributed by atoms with E-state index in [1.165, 1.54) is 11.0 Å². The Bertz CT molecular complexity index is 546. The molecule has 2 amide bonds. The summed E-state index contributed by atoms with van der Waals surface area (Å²) in [6.45, 7) is 4.33. The summed E-state index contributed by atoms with van der Waals surface area (Å²) in [6, 6.07) is 4.74. The highest BCUT2D eigenvalue weighted by molar-refractivity contribution is 6.34. The fourth-order valence-corrected chi connectivity index (χ4v) is 2.38. The highest BCUT2D eigenvalue weighted by Gasteiger charge is 2.41. The van der Waals surface area contributed by atoms with Crippen LogP contribution in [-0.2, 0) is 4.79 Å². The molecule has 0 atom stereocenters. The van der Waals surface area contributed by atoms with E-state index in [0.29, 0.717) is 29.4 Å². The fourth-order valence-electron chi connectivity index (χ4n) is 2.11. The second kappa shape index (κ2) is 5.89. The maximum absolute atomic E-state index is 12.5. The minimum absolute atomic E-state index is 0.